The molecule has 2 saturated carbocycles. The molecule has 3 aromatic rings. The number of amides is 3. The molecule has 0 saturated heterocycles. The van der Waals surface area contributed by atoms with E-state index < -0.39 is 23.8 Å². The highest BCUT2D eigenvalue weighted by atomic mass is 16.5. The van der Waals surface area contributed by atoms with E-state index in [0.717, 1.165) is 59.0 Å². The summed E-state index contributed by atoms with van der Waals surface area (Å²) in [6, 6.07) is 7.93. The van der Waals surface area contributed by atoms with Crippen molar-refractivity contribution in [2.75, 3.05) is 19.0 Å². The topological polar surface area (TPSA) is 150 Å². The Morgan fingerprint density at radius 3 is 2.66 bits per heavy atom. The third-order valence-corrected chi connectivity index (χ3v) is 8.27. The van der Waals surface area contributed by atoms with Gasteiger partial charge in [0.15, 0.2) is 0 Å². The number of carbonyl (C=O) groups excluding carboxylic acids is 4. The van der Waals surface area contributed by atoms with Crippen LogP contribution in [0.3, 0.4) is 0 Å². The standard InChI is InChI=1S/C30H32N6O5/c1-41-25-5-2-10-32-27(25)23-16-35(34-26(23)18-6-7-18)20-12-17(13-20)15-33-19-8-9-21-22(14-19)30(40)36(29(21)39)24(28(31)38)4-3-11-37/h2,5,8-11,14,16-18,20,24,33H,3-4,6-7,12-13,15H2,1H3,(H2,31,38). The number of carbonyl (C=O) groups is 4. The number of ether oxygens (including phenoxy) is 1. The zero-order valence-electron chi connectivity index (χ0n) is 22.8. The maximum absolute atomic E-state index is 13.1. The van der Waals surface area contributed by atoms with Gasteiger partial charge in [-0.3, -0.25) is 28.9 Å². The minimum absolute atomic E-state index is 0.00750. The molecule has 11 nitrogen and oxygen atoms in total. The number of hydrogen-bond acceptors (Lipinski definition) is 8. The summed E-state index contributed by atoms with van der Waals surface area (Å²) in [7, 11) is 1.66. The minimum Gasteiger partial charge on any atom is -0.494 e. The molecule has 3 aliphatic rings. The predicted octanol–water partition coefficient (Wildman–Crippen LogP) is 3.32. The van der Waals surface area contributed by atoms with Gasteiger partial charge in [0, 0.05) is 42.5 Å². The molecule has 2 aliphatic carbocycles. The monoisotopic (exact) mass is 556 g/mol. The highest BCUT2D eigenvalue weighted by Crippen LogP contribution is 2.46. The summed E-state index contributed by atoms with van der Waals surface area (Å²) in [5.41, 5.74) is 9.59. The molecule has 0 spiro atoms. The van der Waals surface area contributed by atoms with Crippen LogP contribution in [0.1, 0.15) is 76.9 Å². The van der Waals surface area contributed by atoms with Crippen LogP contribution in [0.4, 0.5) is 5.69 Å². The van der Waals surface area contributed by atoms with Crippen molar-refractivity contribution < 1.29 is 23.9 Å². The SMILES string of the molecule is COc1cccnc1-c1cn(C2CC(CNc3ccc4c(c3)C(=O)N(C(CCC=O)C(N)=O)C4=O)C2)nc1C1CC1. The van der Waals surface area contributed by atoms with Crippen LogP contribution < -0.4 is 15.8 Å². The fourth-order valence-electron chi connectivity index (χ4n) is 5.81. The molecular weight excluding hydrogens is 524 g/mol. The van der Waals surface area contributed by atoms with Crippen molar-refractivity contribution in [1.29, 1.82) is 0 Å². The second-order valence-corrected chi connectivity index (χ2v) is 11.0. The van der Waals surface area contributed by atoms with Gasteiger partial charge >= 0.3 is 0 Å². The zero-order valence-corrected chi connectivity index (χ0v) is 22.8. The van der Waals surface area contributed by atoms with Crippen molar-refractivity contribution in [3.05, 3.63) is 59.5 Å². The van der Waals surface area contributed by atoms with Crippen molar-refractivity contribution in [2.45, 2.75) is 56.5 Å². The molecule has 41 heavy (non-hydrogen) atoms. The van der Waals surface area contributed by atoms with Crippen LogP contribution in [-0.2, 0) is 9.59 Å². The quantitative estimate of drug-likeness (QED) is 0.255. The van der Waals surface area contributed by atoms with Gasteiger partial charge < -0.3 is 20.6 Å². The van der Waals surface area contributed by atoms with Gasteiger partial charge in [-0.25, -0.2) is 0 Å². The van der Waals surface area contributed by atoms with Crippen LogP contribution in [0, 0.1) is 5.92 Å². The highest BCUT2D eigenvalue weighted by molar-refractivity contribution is 6.23. The number of primary amides is 1. The van der Waals surface area contributed by atoms with Gasteiger partial charge in [0.1, 0.15) is 23.8 Å². The Balaban J connectivity index is 1.09. The largest absolute Gasteiger partial charge is 0.494 e. The summed E-state index contributed by atoms with van der Waals surface area (Å²) in [5.74, 6) is -0.311. The maximum atomic E-state index is 13.1. The van der Waals surface area contributed by atoms with E-state index in [4.69, 9.17) is 15.6 Å². The molecule has 6 rings (SSSR count). The highest BCUT2D eigenvalue weighted by Gasteiger charge is 2.42. The van der Waals surface area contributed by atoms with E-state index in [1.807, 2.05) is 12.1 Å². The van der Waals surface area contributed by atoms with E-state index in [1.54, 1.807) is 31.5 Å². The first-order chi connectivity index (χ1) is 19.9. The number of nitrogens with zero attached hydrogens (tertiary/aromatic N) is 4. The van der Waals surface area contributed by atoms with E-state index in [2.05, 4.69) is 21.2 Å². The molecule has 1 aliphatic heterocycles. The van der Waals surface area contributed by atoms with E-state index in [-0.39, 0.29) is 24.0 Å². The Morgan fingerprint density at radius 2 is 1.95 bits per heavy atom. The molecule has 2 fully saturated rings. The van der Waals surface area contributed by atoms with Gasteiger partial charge in [0.25, 0.3) is 11.8 Å². The summed E-state index contributed by atoms with van der Waals surface area (Å²) < 4.78 is 7.64. The van der Waals surface area contributed by atoms with Crippen molar-refractivity contribution in [2.24, 2.45) is 11.7 Å². The normalized spacial score (nSPS) is 20.4. The van der Waals surface area contributed by atoms with Crippen molar-refractivity contribution in [1.82, 2.24) is 19.7 Å². The number of benzene rings is 1. The fraction of sp³-hybridized carbons (Fsp3) is 0.400. The molecule has 1 atom stereocenters. The van der Waals surface area contributed by atoms with Crippen LogP contribution in [0.5, 0.6) is 5.75 Å². The number of rotatable bonds is 12. The number of nitrogens with one attached hydrogen (secondary N) is 1. The lowest BCUT2D eigenvalue weighted by molar-refractivity contribution is -0.122. The van der Waals surface area contributed by atoms with Crippen LogP contribution in [0.15, 0.2) is 42.7 Å². The Hall–Kier alpha value is -4.54. The number of fused-ring (bicyclic) bond motifs is 1. The zero-order chi connectivity index (χ0) is 28.7. The fourth-order valence-corrected chi connectivity index (χ4v) is 5.81. The third-order valence-electron chi connectivity index (χ3n) is 8.27. The lowest BCUT2D eigenvalue weighted by Crippen LogP contribution is -2.47. The van der Waals surface area contributed by atoms with Gasteiger partial charge in [-0.1, -0.05) is 0 Å². The first kappa shape index (κ1) is 26.7. The molecule has 1 aromatic carbocycles. The van der Waals surface area contributed by atoms with E-state index in [0.29, 0.717) is 30.7 Å². The number of anilines is 1. The van der Waals surface area contributed by atoms with E-state index >= 15 is 0 Å². The number of aromatic nitrogens is 3. The second kappa shape index (κ2) is 10.8. The maximum Gasteiger partial charge on any atom is 0.262 e. The summed E-state index contributed by atoms with van der Waals surface area (Å²) in [5, 5.41) is 8.37. The van der Waals surface area contributed by atoms with Crippen LogP contribution >= 0.6 is 0 Å². The molecule has 2 aromatic heterocycles. The summed E-state index contributed by atoms with van der Waals surface area (Å²) >= 11 is 0. The molecule has 11 heteroatoms. The molecule has 0 bridgehead atoms. The Kier molecular flexibility index (Phi) is 7.02. The number of imide groups is 1. The van der Waals surface area contributed by atoms with Gasteiger partial charge in [0.2, 0.25) is 5.91 Å². The van der Waals surface area contributed by atoms with Crippen LogP contribution in [-0.4, -0.2) is 63.4 Å². The Bertz CT molecular complexity index is 1520. The summed E-state index contributed by atoms with van der Waals surface area (Å²) in [6.45, 7) is 0.710. The molecule has 1 unspecified atom stereocenters. The van der Waals surface area contributed by atoms with Gasteiger partial charge in [0.05, 0.1) is 30.0 Å². The molecule has 212 valence electrons. The van der Waals surface area contributed by atoms with Gasteiger partial charge in [-0.2, -0.15) is 5.10 Å². The first-order valence-electron chi connectivity index (χ1n) is 14.0. The molecule has 0 radical (unpaired) electrons. The lowest BCUT2D eigenvalue weighted by atomic mass is 9.80. The number of nitrogens with two attached hydrogens (primary N) is 1. The average Bonchev–Trinajstić information content (AvgIpc) is 3.67. The van der Waals surface area contributed by atoms with Crippen LogP contribution in [0.2, 0.25) is 0 Å². The molecule has 3 amide bonds. The molecule has 3 heterocycles. The Morgan fingerprint density at radius 1 is 1.17 bits per heavy atom. The number of methoxy groups -OCH3 is 1. The molecule has 3 N–H and O–H groups in total. The second-order valence-electron chi connectivity index (χ2n) is 11.0. The predicted molar refractivity (Wildman–Crippen MR) is 149 cm³/mol. The number of aldehydes is 1. The summed E-state index contributed by atoms with van der Waals surface area (Å²) in [6.07, 6.45) is 8.77. The van der Waals surface area contributed by atoms with Crippen molar-refractivity contribution in [3.63, 3.8) is 0 Å². The van der Waals surface area contributed by atoms with Gasteiger partial charge in [-0.05, 0) is 68.4 Å². The smallest absolute Gasteiger partial charge is 0.262 e. The van der Waals surface area contributed by atoms with Crippen molar-refractivity contribution in [3.8, 4) is 17.0 Å². The Labute approximate surface area is 237 Å². The van der Waals surface area contributed by atoms with E-state index in [9.17, 15) is 19.2 Å². The first-order valence-corrected chi connectivity index (χ1v) is 14.0. The average molecular weight is 557 g/mol. The van der Waals surface area contributed by atoms with Crippen molar-refractivity contribution >= 4 is 29.7 Å². The minimum atomic E-state index is -1.15. The van der Waals surface area contributed by atoms with Gasteiger partial charge in [-0.15, -0.1) is 0 Å². The van der Waals surface area contributed by atoms with Crippen LogP contribution in [0.25, 0.3) is 11.3 Å². The summed E-state index contributed by atoms with van der Waals surface area (Å²) in [4.78, 5) is 54.1. The number of pyridine rings is 1. The lowest BCUT2D eigenvalue weighted by Gasteiger charge is -2.35. The third kappa shape index (κ3) is 4.96. The van der Waals surface area contributed by atoms with E-state index in [1.165, 1.54) is 0 Å². The number of hydrogen-bond donors (Lipinski definition) is 2. The molecular formula is C30H32N6O5.